The van der Waals surface area contributed by atoms with Crippen LogP contribution < -0.4 is 0 Å². The number of benzene rings is 1. The van der Waals surface area contributed by atoms with E-state index in [1.165, 1.54) is 0 Å². The normalized spacial score (nSPS) is 18.1. The molecule has 0 saturated carbocycles. The molecule has 128 valence electrons. The molecule has 1 N–H and O–H groups in total. The van der Waals surface area contributed by atoms with Crippen LogP contribution in [0.25, 0.3) is 0 Å². The lowest BCUT2D eigenvalue weighted by atomic mass is 9.99. The van der Waals surface area contributed by atoms with Gasteiger partial charge in [-0.15, -0.1) is 0 Å². The summed E-state index contributed by atoms with van der Waals surface area (Å²) >= 11 is 5.65. The van der Waals surface area contributed by atoms with Crippen LogP contribution in [0.1, 0.15) is 18.4 Å². The Labute approximate surface area is 135 Å². The summed E-state index contributed by atoms with van der Waals surface area (Å²) in [5, 5.41) is 8.77. The first kappa shape index (κ1) is 18.0. The first-order valence-electron chi connectivity index (χ1n) is 6.63. The van der Waals surface area contributed by atoms with Gasteiger partial charge in [0.2, 0.25) is 10.0 Å². The number of hydrogen-bond donors (Lipinski definition) is 1. The Balaban J connectivity index is 2.38. The fourth-order valence-corrected chi connectivity index (χ4v) is 4.37. The predicted octanol–water partition coefficient (Wildman–Crippen LogP) is 2.84. The van der Waals surface area contributed by atoms with Crippen LogP contribution in [0, 0.1) is 5.92 Å². The second-order valence-corrected chi connectivity index (χ2v) is 7.50. The quantitative estimate of drug-likeness (QED) is 0.886. The van der Waals surface area contributed by atoms with Crippen molar-refractivity contribution in [2.24, 2.45) is 5.92 Å². The molecule has 1 fully saturated rings. The summed E-state index contributed by atoms with van der Waals surface area (Å²) < 4.78 is 65.0. The van der Waals surface area contributed by atoms with Gasteiger partial charge in [-0.25, -0.2) is 8.42 Å². The number of nitrogens with zero attached hydrogens (tertiary/aromatic N) is 1. The Morgan fingerprint density at radius 3 is 2.30 bits per heavy atom. The maximum Gasteiger partial charge on any atom is 0.417 e. The number of rotatable bonds is 3. The highest BCUT2D eigenvalue weighted by Crippen LogP contribution is 2.37. The van der Waals surface area contributed by atoms with Gasteiger partial charge >= 0.3 is 12.1 Å². The molecule has 23 heavy (non-hydrogen) atoms. The second-order valence-electron chi connectivity index (χ2n) is 5.15. The van der Waals surface area contributed by atoms with Crippen LogP contribution in [0.5, 0.6) is 0 Å². The smallest absolute Gasteiger partial charge is 0.417 e. The van der Waals surface area contributed by atoms with Crippen molar-refractivity contribution in [1.82, 2.24) is 4.31 Å². The second kappa shape index (κ2) is 6.29. The summed E-state index contributed by atoms with van der Waals surface area (Å²) in [7, 11) is -4.41. The Bertz CT molecular complexity index is 712. The fraction of sp³-hybridized carbons (Fsp3) is 0.462. The van der Waals surface area contributed by atoms with Crippen LogP contribution in [0.3, 0.4) is 0 Å². The molecule has 0 aliphatic carbocycles. The van der Waals surface area contributed by atoms with Crippen LogP contribution in [0.15, 0.2) is 23.1 Å². The summed E-state index contributed by atoms with van der Waals surface area (Å²) in [6.45, 7) is -0.299. The molecule has 0 radical (unpaired) electrons. The van der Waals surface area contributed by atoms with Gasteiger partial charge < -0.3 is 5.11 Å². The van der Waals surface area contributed by atoms with Crippen LogP contribution in [0.4, 0.5) is 13.2 Å². The lowest BCUT2D eigenvalue weighted by Crippen LogP contribution is -2.40. The Kier molecular flexibility index (Phi) is 4.93. The van der Waals surface area contributed by atoms with Crippen molar-refractivity contribution in [3.8, 4) is 0 Å². The van der Waals surface area contributed by atoms with E-state index in [1.54, 1.807) is 0 Å². The van der Waals surface area contributed by atoms with E-state index in [-0.39, 0.29) is 31.0 Å². The summed E-state index contributed by atoms with van der Waals surface area (Å²) in [5.74, 6) is -1.73. The zero-order valence-electron chi connectivity index (χ0n) is 11.7. The van der Waals surface area contributed by atoms with Gasteiger partial charge in [0, 0.05) is 18.1 Å². The van der Waals surface area contributed by atoms with Crippen molar-refractivity contribution < 1.29 is 31.5 Å². The summed E-state index contributed by atoms with van der Waals surface area (Å²) in [5.41, 5.74) is -1.29. The minimum absolute atomic E-state index is 0.0521. The molecule has 1 heterocycles. The van der Waals surface area contributed by atoms with E-state index in [0.29, 0.717) is 6.07 Å². The molecule has 0 unspecified atom stereocenters. The summed E-state index contributed by atoms with van der Waals surface area (Å²) in [6, 6.07) is 2.36. The molecule has 1 saturated heterocycles. The van der Waals surface area contributed by atoms with Gasteiger partial charge in [-0.3, -0.25) is 4.79 Å². The van der Waals surface area contributed by atoms with E-state index in [9.17, 15) is 26.4 Å². The van der Waals surface area contributed by atoms with Crippen LogP contribution >= 0.6 is 11.6 Å². The van der Waals surface area contributed by atoms with Crippen LogP contribution in [-0.4, -0.2) is 36.9 Å². The van der Waals surface area contributed by atoms with Crippen LogP contribution in [-0.2, 0) is 21.0 Å². The first-order valence-corrected chi connectivity index (χ1v) is 8.45. The van der Waals surface area contributed by atoms with E-state index >= 15 is 0 Å². The van der Waals surface area contributed by atoms with Gasteiger partial charge in [0.25, 0.3) is 0 Å². The Hall–Kier alpha value is -1.32. The number of alkyl halides is 3. The molecule has 1 aromatic carbocycles. The molecule has 1 aliphatic rings. The lowest BCUT2D eigenvalue weighted by molar-refractivity contribution is -0.143. The number of carbonyl (C=O) groups is 1. The van der Waals surface area contributed by atoms with Gasteiger partial charge in [0.05, 0.1) is 16.4 Å². The molecule has 0 spiro atoms. The fourth-order valence-electron chi connectivity index (χ4n) is 2.43. The molecule has 0 atom stereocenters. The maximum absolute atomic E-state index is 13.0. The number of carboxylic acids is 1. The molecule has 1 aliphatic heterocycles. The third-order valence-corrected chi connectivity index (χ3v) is 5.84. The minimum atomic E-state index is -4.84. The van der Waals surface area contributed by atoms with Gasteiger partial charge in [0.15, 0.2) is 0 Å². The van der Waals surface area contributed by atoms with Gasteiger partial charge in [0.1, 0.15) is 0 Å². The molecule has 0 bridgehead atoms. The molecular formula is C13H13ClF3NO4S. The van der Waals surface area contributed by atoms with Crippen molar-refractivity contribution in [1.29, 1.82) is 0 Å². The average molecular weight is 372 g/mol. The third kappa shape index (κ3) is 3.78. The average Bonchev–Trinajstić information content (AvgIpc) is 2.46. The number of aliphatic carboxylic acids is 1. The number of halogens is 4. The molecular weight excluding hydrogens is 359 g/mol. The minimum Gasteiger partial charge on any atom is -0.481 e. The molecule has 10 heteroatoms. The van der Waals surface area contributed by atoms with Gasteiger partial charge in [-0.1, -0.05) is 11.6 Å². The molecule has 2 rings (SSSR count). The Morgan fingerprint density at radius 2 is 1.83 bits per heavy atom. The van der Waals surface area contributed by atoms with Gasteiger partial charge in [-0.2, -0.15) is 17.5 Å². The van der Waals surface area contributed by atoms with Crippen molar-refractivity contribution in [3.05, 3.63) is 28.8 Å². The zero-order chi connectivity index (χ0) is 17.4. The van der Waals surface area contributed by atoms with E-state index < -0.39 is 38.5 Å². The topological polar surface area (TPSA) is 74.7 Å². The first-order chi connectivity index (χ1) is 10.5. The number of hydrogen-bond acceptors (Lipinski definition) is 3. The number of carboxylic acid groups (broad SMARTS) is 1. The van der Waals surface area contributed by atoms with Crippen molar-refractivity contribution >= 4 is 27.6 Å². The monoisotopic (exact) mass is 371 g/mol. The third-order valence-electron chi connectivity index (χ3n) is 3.67. The molecule has 0 aromatic heterocycles. The largest absolute Gasteiger partial charge is 0.481 e. The summed E-state index contributed by atoms with van der Waals surface area (Å²) in [6.07, 6.45) is -4.74. The van der Waals surface area contributed by atoms with Gasteiger partial charge in [-0.05, 0) is 31.0 Å². The van der Waals surface area contributed by atoms with E-state index in [4.69, 9.17) is 16.7 Å². The lowest BCUT2D eigenvalue weighted by Gasteiger charge is -2.30. The highest BCUT2D eigenvalue weighted by molar-refractivity contribution is 7.89. The molecule has 1 aromatic rings. The van der Waals surface area contributed by atoms with Crippen molar-refractivity contribution in [2.75, 3.05) is 13.1 Å². The highest BCUT2D eigenvalue weighted by atomic mass is 35.5. The molecule has 5 nitrogen and oxygen atoms in total. The van der Waals surface area contributed by atoms with E-state index in [1.807, 2.05) is 0 Å². The molecule has 0 amide bonds. The maximum atomic E-state index is 13.0. The van der Waals surface area contributed by atoms with E-state index in [2.05, 4.69) is 0 Å². The highest BCUT2D eigenvalue weighted by Gasteiger charge is 2.40. The van der Waals surface area contributed by atoms with Crippen LogP contribution in [0.2, 0.25) is 5.02 Å². The standard InChI is InChI=1S/C13H13ClF3NO4S/c14-9-1-2-10(13(15,16)17)11(7-9)23(21,22)18-5-3-8(4-6-18)12(19)20/h1-2,7-8H,3-6H2,(H,19,20). The SMILES string of the molecule is O=C(O)C1CCN(S(=O)(=O)c2cc(Cl)ccc2C(F)(F)F)CC1. The van der Waals surface area contributed by atoms with E-state index in [0.717, 1.165) is 16.4 Å². The Morgan fingerprint density at radius 1 is 1.26 bits per heavy atom. The summed E-state index contributed by atoms with van der Waals surface area (Å²) in [4.78, 5) is 9.97. The number of sulfonamides is 1. The zero-order valence-corrected chi connectivity index (χ0v) is 13.2. The van der Waals surface area contributed by atoms with Crippen molar-refractivity contribution in [2.45, 2.75) is 23.9 Å². The van der Waals surface area contributed by atoms with Crippen molar-refractivity contribution in [3.63, 3.8) is 0 Å². The number of piperidine rings is 1. The predicted molar refractivity (Wildman–Crippen MR) is 75.6 cm³/mol.